The van der Waals surface area contributed by atoms with Gasteiger partial charge in [-0.25, -0.2) is 0 Å². The fourth-order valence-corrected chi connectivity index (χ4v) is 2.45. The molecule has 0 aliphatic heterocycles. The fraction of sp³-hybridized carbons (Fsp3) is 0. The monoisotopic (exact) mass is 337 g/mol. The van der Waals surface area contributed by atoms with Crippen LogP contribution in [0.15, 0.2) is 84.9 Å². The number of carbonyl (C=O) groups excluding carboxylic acids is 1. The molecule has 0 spiro atoms. The average molecular weight is 337 g/mol. The molecule has 0 saturated heterocycles. The van der Waals surface area contributed by atoms with E-state index in [4.69, 9.17) is 11.2 Å². The Labute approximate surface area is 152 Å². The first kappa shape index (κ1) is 16.9. The third-order valence-corrected chi connectivity index (χ3v) is 3.63. The highest BCUT2D eigenvalue weighted by molar-refractivity contribution is 6.10. The van der Waals surface area contributed by atoms with Gasteiger partial charge in [0.15, 0.2) is 0 Å². The Morgan fingerprint density at radius 1 is 0.808 bits per heavy atom. The predicted molar refractivity (Wildman–Crippen MR) is 103 cm³/mol. The molecule has 0 bridgehead atoms. The van der Waals surface area contributed by atoms with Crippen molar-refractivity contribution in [3.8, 4) is 30.1 Å². The number of hydrogen-bond acceptors (Lipinski definition) is 2. The summed E-state index contributed by atoms with van der Waals surface area (Å²) >= 11 is 0. The van der Waals surface area contributed by atoms with E-state index in [0.717, 1.165) is 11.4 Å². The van der Waals surface area contributed by atoms with Crippen molar-refractivity contribution in [1.82, 2.24) is 0 Å². The number of carbonyl (C=O) groups is 1. The van der Waals surface area contributed by atoms with Gasteiger partial charge in [0.25, 0.3) is 5.91 Å². The Balaban J connectivity index is 1.92. The molecule has 0 heterocycles. The van der Waals surface area contributed by atoms with E-state index in [2.05, 4.69) is 17.9 Å². The molecule has 0 radical (unpaired) electrons. The van der Waals surface area contributed by atoms with Gasteiger partial charge >= 0.3 is 0 Å². The molecule has 3 rings (SSSR count). The van der Waals surface area contributed by atoms with Crippen LogP contribution in [-0.2, 0) is 0 Å². The van der Waals surface area contributed by atoms with Crippen molar-refractivity contribution in [3.63, 3.8) is 0 Å². The maximum absolute atomic E-state index is 13.1. The van der Waals surface area contributed by atoms with Crippen LogP contribution in [-0.4, -0.2) is 5.91 Å². The van der Waals surface area contributed by atoms with Crippen LogP contribution in [0.1, 0.15) is 10.4 Å². The highest BCUT2D eigenvalue weighted by atomic mass is 16.5. The topological polar surface area (TPSA) is 29.5 Å². The van der Waals surface area contributed by atoms with E-state index >= 15 is 0 Å². The number of terminal acetylenes is 1. The van der Waals surface area contributed by atoms with Gasteiger partial charge in [0.1, 0.15) is 11.9 Å². The molecule has 0 saturated carbocycles. The van der Waals surface area contributed by atoms with E-state index < -0.39 is 0 Å². The van der Waals surface area contributed by atoms with E-state index in [-0.39, 0.29) is 5.91 Å². The Hall–Kier alpha value is -3.95. The smallest absolute Gasteiger partial charge is 0.262 e. The Morgan fingerprint density at radius 2 is 1.35 bits per heavy atom. The molecule has 26 heavy (non-hydrogen) atoms. The zero-order chi connectivity index (χ0) is 18.2. The van der Waals surface area contributed by atoms with Gasteiger partial charge in [0.2, 0.25) is 0 Å². The molecule has 0 aliphatic rings. The zero-order valence-electron chi connectivity index (χ0n) is 13.9. The average Bonchev–Trinajstić information content (AvgIpc) is 2.70. The zero-order valence-corrected chi connectivity index (χ0v) is 13.9. The minimum Gasteiger partial charge on any atom is -0.407 e. The number of hydrogen-bond donors (Lipinski definition) is 0. The second-order valence-electron chi connectivity index (χ2n) is 5.31. The summed E-state index contributed by atoms with van der Waals surface area (Å²) in [6, 6.07) is 25.8. The molecule has 0 fully saturated rings. The molecule has 0 N–H and O–H groups in total. The minimum atomic E-state index is -0.136. The van der Waals surface area contributed by atoms with Crippen LogP contribution in [0.5, 0.6) is 5.75 Å². The van der Waals surface area contributed by atoms with E-state index in [1.165, 1.54) is 0 Å². The van der Waals surface area contributed by atoms with Crippen molar-refractivity contribution in [1.29, 1.82) is 0 Å². The minimum absolute atomic E-state index is 0.136. The van der Waals surface area contributed by atoms with Crippen LogP contribution in [0.2, 0.25) is 0 Å². The van der Waals surface area contributed by atoms with Crippen LogP contribution in [0.25, 0.3) is 0 Å². The molecule has 3 aromatic rings. The molecule has 3 aromatic carbocycles. The van der Waals surface area contributed by atoms with E-state index in [0.29, 0.717) is 11.3 Å². The summed E-state index contributed by atoms with van der Waals surface area (Å²) in [4.78, 5) is 14.8. The summed E-state index contributed by atoms with van der Waals surface area (Å²) in [6.45, 7) is 0. The van der Waals surface area contributed by atoms with Crippen molar-refractivity contribution in [2.75, 3.05) is 4.90 Å². The maximum Gasteiger partial charge on any atom is 0.262 e. The first-order chi connectivity index (χ1) is 12.8. The molecule has 0 aromatic heterocycles. The molecule has 0 atom stereocenters. The Bertz CT molecular complexity index is 936. The normalized spacial score (nSPS) is 9.35. The molecule has 0 unspecified atom stereocenters. The van der Waals surface area contributed by atoms with E-state index in [9.17, 15) is 4.79 Å². The van der Waals surface area contributed by atoms with Gasteiger partial charge in [0, 0.05) is 22.9 Å². The summed E-state index contributed by atoms with van der Waals surface area (Å²) in [5.41, 5.74) is 2.13. The van der Waals surface area contributed by atoms with Crippen LogP contribution in [0.3, 0.4) is 0 Å². The number of amides is 1. The number of rotatable bonds is 4. The second kappa shape index (κ2) is 8.24. The molecular formula is C23H15NO2. The summed E-state index contributed by atoms with van der Waals surface area (Å²) < 4.78 is 5.18. The lowest BCUT2D eigenvalue weighted by molar-refractivity contribution is 0.0999. The molecular weight excluding hydrogens is 322 g/mol. The van der Waals surface area contributed by atoms with Crippen molar-refractivity contribution in [2.24, 2.45) is 0 Å². The summed E-state index contributed by atoms with van der Waals surface area (Å²) in [5.74, 6) is 4.94. The fourth-order valence-electron chi connectivity index (χ4n) is 2.45. The summed E-state index contributed by atoms with van der Waals surface area (Å²) in [5, 5.41) is 0. The highest BCUT2D eigenvalue weighted by Crippen LogP contribution is 2.27. The van der Waals surface area contributed by atoms with Gasteiger partial charge in [-0.05, 0) is 54.5 Å². The summed E-state index contributed by atoms with van der Waals surface area (Å²) in [6.07, 6.45) is 7.44. The number of benzene rings is 3. The van der Waals surface area contributed by atoms with Crippen molar-refractivity contribution in [3.05, 3.63) is 90.5 Å². The van der Waals surface area contributed by atoms with Crippen molar-refractivity contribution >= 4 is 17.3 Å². The number of nitrogens with zero attached hydrogens (tertiary/aromatic N) is 1. The van der Waals surface area contributed by atoms with Gasteiger partial charge in [-0.2, -0.15) is 0 Å². The summed E-state index contributed by atoms with van der Waals surface area (Å²) in [7, 11) is 0. The lowest BCUT2D eigenvalue weighted by Crippen LogP contribution is -2.25. The van der Waals surface area contributed by atoms with Crippen molar-refractivity contribution < 1.29 is 9.53 Å². The van der Waals surface area contributed by atoms with E-state index in [1.54, 1.807) is 29.2 Å². The maximum atomic E-state index is 13.1. The standard InChI is InChI=1S/C23H15NO2/c1-2-3-18-26-22-16-14-19(15-17-22)23(25)24(20-10-6-4-7-11-20)21-12-8-5-9-13-21/h1,4-17H. The van der Waals surface area contributed by atoms with Crippen LogP contribution in [0, 0.1) is 24.4 Å². The van der Waals surface area contributed by atoms with E-state index in [1.807, 2.05) is 60.7 Å². The SMILES string of the molecule is C#CC#COc1ccc(C(=O)N(c2ccccc2)c2ccccc2)cc1. The van der Waals surface area contributed by atoms with Gasteiger partial charge in [-0.3, -0.25) is 9.69 Å². The third-order valence-electron chi connectivity index (χ3n) is 3.63. The third kappa shape index (κ3) is 3.93. The quantitative estimate of drug-likeness (QED) is 0.649. The van der Waals surface area contributed by atoms with Crippen molar-refractivity contribution in [2.45, 2.75) is 0 Å². The lowest BCUT2D eigenvalue weighted by atomic mass is 10.1. The highest BCUT2D eigenvalue weighted by Gasteiger charge is 2.19. The van der Waals surface area contributed by atoms with Gasteiger partial charge in [-0.1, -0.05) is 36.4 Å². The Morgan fingerprint density at radius 3 is 1.85 bits per heavy atom. The number of para-hydroxylation sites is 2. The Kier molecular flexibility index (Phi) is 5.35. The molecule has 0 aliphatic carbocycles. The van der Waals surface area contributed by atoms with Crippen LogP contribution < -0.4 is 9.64 Å². The van der Waals surface area contributed by atoms with Crippen LogP contribution in [0.4, 0.5) is 11.4 Å². The molecule has 3 heteroatoms. The number of ether oxygens (including phenoxy) is 1. The molecule has 1 amide bonds. The first-order valence-corrected chi connectivity index (χ1v) is 7.96. The second-order valence-corrected chi connectivity index (χ2v) is 5.31. The predicted octanol–water partition coefficient (Wildman–Crippen LogP) is 4.64. The molecule has 124 valence electrons. The van der Waals surface area contributed by atoms with Gasteiger partial charge in [-0.15, -0.1) is 6.42 Å². The first-order valence-electron chi connectivity index (χ1n) is 7.96. The molecule has 3 nitrogen and oxygen atoms in total. The lowest BCUT2D eigenvalue weighted by Gasteiger charge is -2.23. The largest absolute Gasteiger partial charge is 0.407 e. The van der Waals surface area contributed by atoms with Crippen LogP contribution >= 0.6 is 0 Å². The number of anilines is 2. The van der Waals surface area contributed by atoms with Gasteiger partial charge < -0.3 is 4.74 Å². The van der Waals surface area contributed by atoms with Gasteiger partial charge in [0.05, 0.1) is 0 Å².